The van der Waals surface area contributed by atoms with Crippen molar-refractivity contribution in [3.8, 4) is 5.75 Å². The Balaban J connectivity index is 2.27. The van der Waals surface area contributed by atoms with E-state index in [1.807, 2.05) is 0 Å². The number of hydrogen-bond donors (Lipinski definition) is 0. The second-order valence-electron chi connectivity index (χ2n) is 5.57. The van der Waals surface area contributed by atoms with Crippen LogP contribution in [0.15, 0.2) is 12.1 Å². The van der Waals surface area contributed by atoms with E-state index in [1.54, 1.807) is 13.0 Å². The molecule has 0 N–H and O–H groups in total. The quantitative estimate of drug-likeness (QED) is 0.761. The van der Waals surface area contributed by atoms with Gasteiger partial charge in [-0.05, 0) is 56.7 Å². The van der Waals surface area contributed by atoms with Crippen molar-refractivity contribution >= 4 is 5.78 Å². The summed E-state index contributed by atoms with van der Waals surface area (Å²) < 4.78 is 19.6. The molecule has 2 rings (SSSR count). The Bertz CT molecular complexity index is 482. The Morgan fingerprint density at radius 3 is 2.63 bits per heavy atom. The maximum Gasteiger partial charge on any atom is 0.163 e. The molecule has 2 atom stereocenters. The lowest BCUT2D eigenvalue weighted by molar-refractivity contribution is 0.0940. The molecule has 0 amide bonds. The van der Waals surface area contributed by atoms with Crippen molar-refractivity contribution in [3.05, 3.63) is 29.1 Å². The van der Waals surface area contributed by atoms with E-state index in [4.69, 9.17) is 4.74 Å². The molecule has 1 aliphatic rings. The van der Waals surface area contributed by atoms with Gasteiger partial charge in [0.1, 0.15) is 17.7 Å². The normalized spacial score (nSPS) is 23.2. The van der Waals surface area contributed by atoms with E-state index < -0.39 is 0 Å². The predicted octanol–water partition coefficient (Wildman–Crippen LogP) is 4.29. The fraction of sp³-hybridized carbons (Fsp3) is 0.562. The minimum atomic E-state index is -0.353. The number of benzene rings is 1. The molecule has 2 unspecified atom stereocenters. The molecule has 104 valence electrons. The second kappa shape index (κ2) is 5.72. The molecule has 0 bridgehead atoms. The predicted molar refractivity (Wildman–Crippen MR) is 73.2 cm³/mol. The molecule has 0 heterocycles. The van der Waals surface area contributed by atoms with Crippen LogP contribution in [0.5, 0.6) is 5.75 Å². The zero-order valence-corrected chi connectivity index (χ0v) is 11.8. The maximum absolute atomic E-state index is 13.6. The van der Waals surface area contributed by atoms with Gasteiger partial charge in [-0.15, -0.1) is 0 Å². The summed E-state index contributed by atoms with van der Waals surface area (Å²) in [4.78, 5) is 11.6. The number of halogens is 1. The summed E-state index contributed by atoms with van der Waals surface area (Å²) >= 11 is 0. The third-order valence-corrected chi connectivity index (χ3v) is 3.95. The van der Waals surface area contributed by atoms with E-state index in [2.05, 4.69) is 6.92 Å². The van der Waals surface area contributed by atoms with Crippen molar-refractivity contribution in [1.82, 2.24) is 0 Å². The minimum Gasteiger partial charge on any atom is -0.489 e. The lowest BCUT2D eigenvalue weighted by Gasteiger charge is -2.30. The van der Waals surface area contributed by atoms with E-state index >= 15 is 0 Å². The smallest absolute Gasteiger partial charge is 0.163 e. The molecule has 0 radical (unpaired) electrons. The fourth-order valence-electron chi connectivity index (χ4n) is 2.65. The van der Waals surface area contributed by atoms with Crippen molar-refractivity contribution in [2.24, 2.45) is 5.92 Å². The van der Waals surface area contributed by atoms with Gasteiger partial charge in [0.2, 0.25) is 0 Å². The average Bonchev–Trinajstić information content (AvgIpc) is 2.36. The van der Waals surface area contributed by atoms with Gasteiger partial charge in [0.05, 0.1) is 5.56 Å². The van der Waals surface area contributed by atoms with Crippen LogP contribution in [0, 0.1) is 18.7 Å². The van der Waals surface area contributed by atoms with Gasteiger partial charge in [0, 0.05) is 0 Å². The monoisotopic (exact) mass is 264 g/mol. The summed E-state index contributed by atoms with van der Waals surface area (Å²) in [6.45, 7) is 5.31. The molecule has 1 fully saturated rings. The lowest BCUT2D eigenvalue weighted by atomic mass is 9.88. The second-order valence-corrected chi connectivity index (χ2v) is 5.57. The first-order chi connectivity index (χ1) is 8.99. The Kier molecular flexibility index (Phi) is 4.23. The van der Waals surface area contributed by atoms with Gasteiger partial charge < -0.3 is 4.74 Å². The maximum atomic E-state index is 13.6. The van der Waals surface area contributed by atoms with Gasteiger partial charge in [-0.3, -0.25) is 4.79 Å². The van der Waals surface area contributed by atoms with Crippen LogP contribution in [0.2, 0.25) is 0 Å². The molecule has 19 heavy (non-hydrogen) atoms. The highest BCUT2D eigenvalue weighted by Crippen LogP contribution is 2.31. The number of Topliss-reactive ketones (excluding diaryl/α,β-unsaturated/α-hetero) is 1. The summed E-state index contributed by atoms with van der Waals surface area (Å²) in [5, 5.41) is 0. The highest BCUT2D eigenvalue weighted by atomic mass is 19.1. The average molecular weight is 264 g/mol. The highest BCUT2D eigenvalue weighted by molar-refractivity contribution is 5.96. The van der Waals surface area contributed by atoms with Crippen LogP contribution in [0.25, 0.3) is 0 Å². The van der Waals surface area contributed by atoms with Crippen molar-refractivity contribution in [3.63, 3.8) is 0 Å². The van der Waals surface area contributed by atoms with Crippen molar-refractivity contribution in [2.75, 3.05) is 0 Å². The van der Waals surface area contributed by atoms with Crippen LogP contribution < -0.4 is 4.74 Å². The number of aryl methyl sites for hydroxylation is 1. The van der Waals surface area contributed by atoms with Gasteiger partial charge in [-0.25, -0.2) is 4.39 Å². The highest BCUT2D eigenvalue weighted by Gasteiger charge is 2.24. The van der Waals surface area contributed by atoms with Crippen molar-refractivity contribution in [2.45, 2.75) is 52.6 Å². The number of rotatable bonds is 3. The van der Waals surface area contributed by atoms with Gasteiger partial charge in [0.15, 0.2) is 5.78 Å². The Hall–Kier alpha value is -1.38. The summed E-state index contributed by atoms with van der Waals surface area (Å²) in [5.41, 5.74) is 0.865. The summed E-state index contributed by atoms with van der Waals surface area (Å²) in [6, 6.07) is 2.94. The summed E-state index contributed by atoms with van der Waals surface area (Å²) in [7, 11) is 0. The van der Waals surface area contributed by atoms with E-state index in [9.17, 15) is 9.18 Å². The molecule has 1 saturated carbocycles. The fourth-order valence-corrected chi connectivity index (χ4v) is 2.65. The molecule has 1 aliphatic carbocycles. The molecule has 1 aromatic rings. The van der Waals surface area contributed by atoms with Crippen molar-refractivity contribution < 1.29 is 13.9 Å². The van der Waals surface area contributed by atoms with Gasteiger partial charge >= 0.3 is 0 Å². The molecular formula is C16H21FO2. The van der Waals surface area contributed by atoms with Crippen molar-refractivity contribution in [1.29, 1.82) is 0 Å². The van der Waals surface area contributed by atoms with E-state index in [1.165, 1.54) is 19.4 Å². The van der Waals surface area contributed by atoms with Crippen LogP contribution in [0.4, 0.5) is 4.39 Å². The van der Waals surface area contributed by atoms with E-state index in [0.717, 1.165) is 19.3 Å². The van der Waals surface area contributed by atoms with Gasteiger partial charge in [-0.1, -0.05) is 13.3 Å². The number of ether oxygens (including phenoxy) is 1. The number of carbonyl (C=O) groups is 1. The topological polar surface area (TPSA) is 26.3 Å². The summed E-state index contributed by atoms with van der Waals surface area (Å²) in [6.07, 6.45) is 4.69. The lowest BCUT2D eigenvalue weighted by Crippen LogP contribution is -2.28. The third-order valence-electron chi connectivity index (χ3n) is 3.95. The Labute approximate surface area is 114 Å². The van der Waals surface area contributed by atoms with Crippen LogP contribution >= 0.6 is 0 Å². The van der Waals surface area contributed by atoms with E-state index in [-0.39, 0.29) is 17.7 Å². The number of ketones is 1. The zero-order valence-electron chi connectivity index (χ0n) is 11.8. The molecular weight excluding hydrogens is 243 g/mol. The first-order valence-corrected chi connectivity index (χ1v) is 6.96. The molecule has 0 saturated heterocycles. The molecule has 0 spiro atoms. The largest absolute Gasteiger partial charge is 0.489 e. The van der Waals surface area contributed by atoms with Crippen LogP contribution in [0.1, 0.15) is 55.5 Å². The van der Waals surface area contributed by atoms with Crippen LogP contribution in [0.3, 0.4) is 0 Å². The van der Waals surface area contributed by atoms with Crippen LogP contribution in [-0.4, -0.2) is 11.9 Å². The van der Waals surface area contributed by atoms with Gasteiger partial charge in [0.25, 0.3) is 0 Å². The SMILES string of the molecule is CC(=O)c1cc(F)c(C)cc1OC1CCCCC1C. The first kappa shape index (κ1) is 14.0. The first-order valence-electron chi connectivity index (χ1n) is 6.96. The number of hydrogen-bond acceptors (Lipinski definition) is 2. The van der Waals surface area contributed by atoms with Gasteiger partial charge in [-0.2, -0.15) is 0 Å². The van der Waals surface area contributed by atoms with Crippen LogP contribution in [-0.2, 0) is 0 Å². The summed E-state index contributed by atoms with van der Waals surface area (Å²) in [5.74, 6) is 0.510. The Morgan fingerprint density at radius 2 is 2.00 bits per heavy atom. The molecule has 2 nitrogen and oxygen atoms in total. The minimum absolute atomic E-state index is 0.136. The van der Waals surface area contributed by atoms with E-state index in [0.29, 0.717) is 22.8 Å². The molecule has 1 aromatic carbocycles. The number of carbonyl (C=O) groups excluding carboxylic acids is 1. The standard InChI is InChI=1S/C16H21FO2/c1-10-6-4-5-7-15(10)19-16-8-11(2)14(17)9-13(16)12(3)18/h8-10,15H,4-7H2,1-3H3. The molecule has 3 heteroatoms. The third kappa shape index (κ3) is 3.14. The molecule has 0 aromatic heterocycles. The molecule has 0 aliphatic heterocycles. The zero-order chi connectivity index (χ0) is 14.0. The Morgan fingerprint density at radius 1 is 1.32 bits per heavy atom.